The van der Waals surface area contributed by atoms with Gasteiger partial charge < -0.3 is 15.2 Å². The molecule has 2 unspecified atom stereocenters. The molecule has 1 fully saturated rings. The van der Waals surface area contributed by atoms with Crippen molar-refractivity contribution >= 4 is 17.4 Å². The number of hydrogen-bond donors (Lipinski definition) is 2. The molecular formula is C11H13N5O3. The van der Waals surface area contributed by atoms with E-state index in [0.29, 0.717) is 18.1 Å². The van der Waals surface area contributed by atoms with Crippen LogP contribution in [0.15, 0.2) is 18.7 Å². The lowest BCUT2D eigenvalue weighted by Gasteiger charge is -2.25. The van der Waals surface area contributed by atoms with Gasteiger partial charge >= 0.3 is 5.97 Å². The van der Waals surface area contributed by atoms with E-state index in [4.69, 9.17) is 4.74 Å². The van der Waals surface area contributed by atoms with E-state index >= 15 is 0 Å². The lowest BCUT2D eigenvalue weighted by Crippen LogP contribution is -2.43. The molecule has 0 saturated carbocycles. The second-order valence-electron chi connectivity index (χ2n) is 4.77. The van der Waals surface area contributed by atoms with Gasteiger partial charge in [-0.1, -0.05) is 0 Å². The van der Waals surface area contributed by atoms with Crippen LogP contribution in [0, 0.1) is 5.41 Å². The third-order valence-corrected chi connectivity index (χ3v) is 3.47. The molecule has 0 spiro atoms. The van der Waals surface area contributed by atoms with E-state index in [-0.39, 0.29) is 12.6 Å². The highest BCUT2D eigenvalue weighted by Crippen LogP contribution is 2.31. The number of rotatable bonds is 3. The van der Waals surface area contributed by atoms with Crippen LogP contribution in [0.3, 0.4) is 0 Å². The van der Waals surface area contributed by atoms with Crippen LogP contribution in [0.4, 0.5) is 5.82 Å². The molecule has 2 aromatic rings. The average Bonchev–Trinajstić information content (AvgIpc) is 2.98. The van der Waals surface area contributed by atoms with Gasteiger partial charge in [0, 0.05) is 12.4 Å². The number of aliphatic carboxylic acids is 1. The van der Waals surface area contributed by atoms with Gasteiger partial charge in [-0.15, -0.1) is 10.2 Å². The summed E-state index contributed by atoms with van der Waals surface area (Å²) in [6.45, 7) is 2.15. The minimum absolute atomic E-state index is 0.176. The molecule has 2 aromatic heterocycles. The molecule has 3 rings (SSSR count). The van der Waals surface area contributed by atoms with Gasteiger partial charge in [0.25, 0.3) is 0 Å². The van der Waals surface area contributed by atoms with Gasteiger partial charge in [0.1, 0.15) is 11.7 Å². The zero-order valence-corrected chi connectivity index (χ0v) is 10.3. The van der Waals surface area contributed by atoms with Crippen LogP contribution in [0.1, 0.15) is 6.92 Å². The quantitative estimate of drug-likeness (QED) is 0.805. The number of ether oxygens (including phenoxy) is 1. The Morgan fingerprint density at radius 3 is 3.32 bits per heavy atom. The summed E-state index contributed by atoms with van der Waals surface area (Å²) in [6.07, 6.45) is 4.89. The first-order valence-electron chi connectivity index (χ1n) is 5.83. The van der Waals surface area contributed by atoms with E-state index in [0.717, 1.165) is 0 Å². The predicted molar refractivity (Wildman–Crippen MR) is 64.8 cm³/mol. The fourth-order valence-corrected chi connectivity index (χ4v) is 2.11. The highest BCUT2D eigenvalue weighted by molar-refractivity contribution is 5.77. The molecule has 1 saturated heterocycles. The van der Waals surface area contributed by atoms with Crippen LogP contribution in [-0.2, 0) is 9.53 Å². The normalized spacial score (nSPS) is 26.7. The molecule has 0 aromatic carbocycles. The molecule has 0 amide bonds. The number of carbonyl (C=O) groups is 1. The summed E-state index contributed by atoms with van der Waals surface area (Å²) in [4.78, 5) is 15.5. The van der Waals surface area contributed by atoms with Gasteiger partial charge in [0.05, 0.1) is 19.3 Å². The van der Waals surface area contributed by atoms with Crippen molar-refractivity contribution in [3.05, 3.63) is 18.7 Å². The Bertz CT molecular complexity index is 628. The van der Waals surface area contributed by atoms with Gasteiger partial charge in [-0.2, -0.15) is 0 Å². The van der Waals surface area contributed by atoms with Crippen LogP contribution in [0.5, 0.6) is 0 Å². The van der Waals surface area contributed by atoms with Crippen molar-refractivity contribution in [2.75, 3.05) is 18.5 Å². The third kappa shape index (κ3) is 1.80. The standard InChI is InChI=1S/C11H13N5O3/c1-11(10(17)18)5-19-4-7(11)14-8-9-15-13-6-16(9)3-2-12-8/h2-3,6-7H,4-5H2,1H3,(H,12,14)(H,17,18). The lowest BCUT2D eigenvalue weighted by atomic mass is 9.85. The smallest absolute Gasteiger partial charge is 0.313 e. The Balaban J connectivity index is 1.93. The van der Waals surface area contributed by atoms with E-state index in [9.17, 15) is 9.90 Å². The number of carboxylic acids is 1. The van der Waals surface area contributed by atoms with E-state index in [1.54, 1.807) is 30.0 Å². The van der Waals surface area contributed by atoms with Crippen LogP contribution < -0.4 is 5.32 Å². The number of nitrogens with zero attached hydrogens (tertiary/aromatic N) is 4. The SMILES string of the molecule is CC1(C(=O)O)COCC1Nc1nccn2cnnc12. The third-order valence-electron chi connectivity index (χ3n) is 3.47. The summed E-state index contributed by atoms with van der Waals surface area (Å²) in [5.74, 6) is -0.390. The van der Waals surface area contributed by atoms with Crippen molar-refractivity contribution in [1.82, 2.24) is 19.6 Å². The van der Waals surface area contributed by atoms with Crippen LogP contribution >= 0.6 is 0 Å². The molecular weight excluding hydrogens is 250 g/mol. The minimum atomic E-state index is -0.978. The average molecular weight is 263 g/mol. The summed E-state index contributed by atoms with van der Waals surface area (Å²) < 4.78 is 7.00. The summed E-state index contributed by atoms with van der Waals surface area (Å²) in [5, 5.41) is 20.2. The molecule has 3 heterocycles. The number of nitrogens with one attached hydrogen (secondary N) is 1. The first-order chi connectivity index (χ1) is 9.11. The Morgan fingerprint density at radius 1 is 1.68 bits per heavy atom. The lowest BCUT2D eigenvalue weighted by molar-refractivity contribution is -0.148. The summed E-state index contributed by atoms with van der Waals surface area (Å²) in [5.41, 5.74) is -0.420. The van der Waals surface area contributed by atoms with Gasteiger partial charge in [-0.3, -0.25) is 9.20 Å². The Hall–Kier alpha value is -2.22. The van der Waals surface area contributed by atoms with Crippen molar-refractivity contribution in [3.8, 4) is 0 Å². The molecule has 8 nitrogen and oxygen atoms in total. The monoisotopic (exact) mass is 263 g/mol. The van der Waals surface area contributed by atoms with Crippen LogP contribution in [0.25, 0.3) is 5.65 Å². The fourth-order valence-electron chi connectivity index (χ4n) is 2.11. The van der Waals surface area contributed by atoms with E-state index < -0.39 is 11.4 Å². The maximum absolute atomic E-state index is 11.4. The van der Waals surface area contributed by atoms with Crippen molar-refractivity contribution in [3.63, 3.8) is 0 Å². The Kier molecular flexibility index (Phi) is 2.59. The molecule has 19 heavy (non-hydrogen) atoms. The van der Waals surface area contributed by atoms with Gasteiger partial charge in [0.15, 0.2) is 5.82 Å². The van der Waals surface area contributed by atoms with Gasteiger partial charge in [0.2, 0.25) is 5.65 Å². The summed E-state index contributed by atoms with van der Waals surface area (Å²) in [7, 11) is 0. The zero-order valence-electron chi connectivity index (χ0n) is 10.3. The molecule has 2 N–H and O–H groups in total. The molecule has 2 atom stereocenters. The maximum Gasteiger partial charge on any atom is 0.313 e. The maximum atomic E-state index is 11.4. The summed E-state index contributed by atoms with van der Waals surface area (Å²) >= 11 is 0. The van der Waals surface area contributed by atoms with Gasteiger partial charge in [-0.25, -0.2) is 4.98 Å². The Labute approximate surface area is 108 Å². The van der Waals surface area contributed by atoms with Crippen molar-refractivity contribution in [2.45, 2.75) is 13.0 Å². The largest absolute Gasteiger partial charge is 0.481 e. The zero-order chi connectivity index (χ0) is 13.5. The molecule has 0 radical (unpaired) electrons. The highest BCUT2D eigenvalue weighted by Gasteiger charge is 2.47. The van der Waals surface area contributed by atoms with Crippen LogP contribution in [0.2, 0.25) is 0 Å². The number of carboxylic acid groups (broad SMARTS) is 1. The number of hydrogen-bond acceptors (Lipinski definition) is 6. The van der Waals surface area contributed by atoms with Crippen molar-refractivity contribution in [2.24, 2.45) is 5.41 Å². The first-order valence-corrected chi connectivity index (χ1v) is 5.83. The van der Waals surface area contributed by atoms with E-state index in [1.165, 1.54) is 0 Å². The molecule has 100 valence electrons. The molecule has 0 aliphatic carbocycles. The molecule has 8 heteroatoms. The van der Waals surface area contributed by atoms with Crippen molar-refractivity contribution in [1.29, 1.82) is 0 Å². The second-order valence-corrected chi connectivity index (χ2v) is 4.77. The molecule has 1 aliphatic heterocycles. The van der Waals surface area contributed by atoms with E-state index in [2.05, 4.69) is 20.5 Å². The number of anilines is 1. The Morgan fingerprint density at radius 2 is 2.53 bits per heavy atom. The fraction of sp³-hybridized carbons (Fsp3) is 0.455. The molecule has 0 bridgehead atoms. The number of aromatic nitrogens is 4. The summed E-state index contributed by atoms with van der Waals surface area (Å²) in [6, 6.07) is -0.361. The van der Waals surface area contributed by atoms with Crippen molar-refractivity contribution < 1.29 is 14.6 Å². The molecule has 1 aliphatic rings. The predicted octanol–water partition coefficient (Wildman–Crippen LogP) is 0.0259. The van der Waals surface area contributed by atoms with Gasteiger partial charge in [-0.05, 0) is 6.92 Å². The highest BCUT2D eigenvalue weighted by atomic mass is 16.5. The number of fused-ring (bicyclic) bond motifs is 1. The topological polar surface area (TPSA) is 102 Å². The minimum Gasteiger partial charge on any atom is -0.481 e. The van der Waals surface area contributed by atoms with E-state index in [1.807, 2.05) is 0 Å². The second kappa shape index (κ2) is 4.16. The van der Waals surface area contributed by atoms with Crippen LogP contribution in [-0.4, -0.2) is 49.9 Å². The first kappa shape index (κ1) is 11.8.